The van der Waals surface area contributed by atoms with E-state index in [2.05, 4.69) is 29.3 Å². The van der Waals surface area contributed by atoms with Gasteiger partial charge in [-0.1, -0.05) is 19.0 Å². The van der Waals surface area contributed by atoms with Gasteiger partial charge in [0.25, 0.3) is 0 Å². The van der Waals surface area contributed by atoms with Gasteiger partial charge in [-0.15, -0.1) is 0 Å². The lowest BCUT2D eigenvalue weighted by molar-refractivity contribution is 0.319. The van der Waals surface area contributed by atoms with Crippen molar-refractivity contribution in [3.05, 3.63) is 11.7 Å². The van der Waals surface area contributed by atoms with Gasteiger partial charge in [-0.05, 0) is 25.8 Å². The third-order valence-corrected chi connectivity index (χ3v) is 3.16. The molecule has 2 rings (SSSR count). The second-order valence-electron chi connectivity index (χ2n) is 4.34. The number of hydrogen-bond donors (Lipinski definition) is 1. The van der Waals surface area contributed by atoms with Crippen molar-refractivity contribution in [3.8, 4) is 0 Å². The largest absolute Gasteiger partial charge is 0.339 e. The predicted octanol–water partition coefficient (Wildman–Crippen LogP) is 2.05. The molecule has 4 nitrogen and oxygen atoms in total. The van der Waals surface area contributed by atoms with Crippen molar-refractivity contribution >= 4 is 0 Å². The lowest BCUT2D eigenvalue weighted by atomic mass is 10.00. The molecule has 2 atom stereocenters. The Morgan fingerprint density at radius 1 is 1.60 bits per heavy atom. The minimum atomic E-state index is 0.402. The van der Waals surface area contributed by atoms with Gasteiger partial charge < -0.3 is 9.84 Å². The van der Waals surface area contributed by atoms with Crippen molar-refractivity contribution in [3.63, 3.8) is 0 Å². The first-order valence-corrected chi connectivity index (χ1v) is 5.85. The van der Waals surface area contributed by atoms with E-state index in [1.54, 1.807) is 0 Å². The van der Waals surface area contributed by atoms with Gasteiger partial charge in [0.2, 0.25) is 5.89 Å². The average molecular weight is 209 g/mol. The molecule has 0 bridgehead atoms. The van der Waals surface area contributed by atoms with Crippen molar-refractivity contribution in [2.75, 3.05) is 13.1 Å². The van der Waals surface area contributed by atoms with Crippen LogP contribution in [0.4, 0.5) is 0 Å². The Labute approximate surface area is 90.4 Å². The molecule has 0 saturated carbocycles. The predicted molar refractivity (Wildman–Crippen MR) is 57.8 cm³/mol. The summed E-state index contributed by atoms with van der Waals surface area (Å²) in [5, 5.41) is 7.41. The van der Waals surface area contributed by atoms with Gasteiger partial charge in [0.15, 0.2) is 5.82 Å². The summed E-state index contributed by atoms with van der Waals surface area (Å²) in [5.74, 6) is 2.50. The van der Waals surface area contributed by atoms with Crippen LogP contribution < -0.4 is 5.32 Å². The molecule has 0 aromatic carbocycles. The van der Waals surface area contributed by atoms with Crippen LogP contribution in [-0.2, 0) is 0 Å². The second-order valence-corrected chi connectivity index (χ2v) is 4.34. The molecule has 1 N–H and O–H groups in total. The third kappa shape index (κ3) is 2.37. The molecule has 15 heavy (non-hydrogen) atoms. The summed E-state index contributed by atoms with van der Waals surface area (Å²) < 4.78 is 5.33. The van der Waals surface area contributed by atoms with E-state index in [-0.39, 0.29) is 0 Å². The van der Waals surface area contributed by atoms with Crippen LogP contribution in [0, 0.1) is 0 Å². The van der Waals surface area contributed by atoms with Gasteiger partial charge in [0.1, 0.15) is 0 Å². The molecule has 0 aliphatic carbocycles. The van der Waals surface area contributed by atoms with Crippen LogP contribution in [0.1, 0.15) is 56.7 Å². The van der Waals surface area contributed by atoms with Crippen molar-refractivity contribution in [2.24, 2.45) is 0 Å². The first-order valence-electron chi connectivity index (χ1n) is 5.85. The van der Waals surface area contributed by atoms with Crippen LogP contribution in [-0.4, -0.2) is 23.2 Å². The minimum absolute atomic E-state index is 0.402. The van der Waals surface area contributed by atoms with Crippen LogP contribution in [0.15, 0.2) is 4.52 Å². The molecule has 1 fully saturated rings. The fraction of sp³-hybridized carbons (Fsp3) is 0.818. The Morgan fingerprint density at radius 3 is 3.13 bits per heavy atom. The molecule has 84 valence electrons. The molecule has 1 aromatic heterocycles. The van der Waals surface area contributed by atoms with Crippen LogP contribution >= 0.6 is 0 Å². The lowest BCUT2D eigenvalue weighted by Crippen LogP contribution is -2.28. The van der Waals surface area contributed by atoms with E-state index >= 15 is 0 Å². The summed E-state index contributed by atoms with van der Waals surface area (Å²) in [6.07, 6.45) is 3.42. The first-order chi connectivity index (χ1) is 7.31. The number of nitrogens with one attached hydrogen (secondary N) is 1. The topological polar surface area (TPSA) is 51.0 Å². The normalized spacial score (nSPS) is 24.0. The van der Waals surface area contributed by atoms with E-state index in [4.69, 9.17) is 4.52 Å². The molecule has 2 heterocycles. The van der Waals surface area contributed by atoms with Crippen molar-refractivity contribution in [1.82, 2.24) is 15.5 Å². The average Bonchev–Trinajstić information content (AvgIpc) is 2.78. The van der Waals surface area contributed by atoms with Gasteiger partial charge in [0.05, 0.1) is 5.92 Å². The number of piperidine rings is 1. The van der Waals surface area contributed by atoms with E-state index < -0.39 is 0 Å². The SMILES string of the molecule is CC[C@H](C)c1noc([C@@H]2CCCNC2)n1. The van der Waals surface area contributed by atoms with Crippen LogP contribution in [0.2, 0.25) is 0 Å². The zero-order valence-electron chi connectivity index (χ0n) is 9.49. The number of aromatic nitrogens is 2. The molecule has 0 radical (unpaired) electrons. The fourth-order valence-electron chi connectivity index (χ4n) is 1.86. The maximum Gasteiger partial charge on any atom is 0.231 e. The maximum absolute atomic E-state index is 5.33. The highest BCUT2D eigenvalue weighted by molar-refractivity contribution is 4.99. The molecular weight excluding hydrogens is 190 g/mol. The summed E-state index contributed by atoms with van der Waals surface area (Å²) in [7, 11) is 0. The van der Waals surface area contributed by atoms with Gasteiger partial charge in [-0.2, -0.15) is 4.98 Å². The molecule has 1 aliphatic rings. The van der Waals surface area contributed by atoms with Crippen LogP contribution in [0.3, 0.4) is 0 Å². The zero-order chi connectivity index (χ0) is 10.7. The standard InChI is InChI=1S/C11H19N3O/c1-3-8(2)10-13-11(15-14-10)9-5-4-6-12-7-9/h8-9,12H,3-7H2,1-2H3/t8-,9+/m0/s1. The van der Waals surface area contributed by atoms with E-state index in [0.29, 0.717) is 11.8 Å². The number of rotatable bonds is 3. The molecular formula is C11H19N3O. The van der Waals surface area contributed by atoms with E-state index in [1.807, 2.05) is 0 Å². The fourth-order valence-corrected chi connectivity index (χ4v) is 1.86. The lowest BCUT2D eigenvalue weighted by Gasteiger charge is -2.18. The van der Waals surface area contributed by atoms with Crippen molar-refractivity contribution in [1.29, 1.82) is 0 Å². The Bertz CT molecular complexity index is 305. The van der Waals surface area contributed by atoms with Crippen LogP contribution in [0.5, 0.6) is 0 Å². The first kappa shape index (κ1) is 10.6. The zero-order valence-corrected chi connectivity index (χ0v) is 9.49. The monoisotopic (exact) mass is 209 g/mol. The van der Waals surface area contributed by atoms with Gasteiger partial charge in [-0.3, -0.25) is 0 Å². The Morgan fingerprint density at radius 2 is 2.47 bits per heavy atom. The summed E-state index contributed by atoms with van der Waals surface area (Å²) in [5.41, 5.74) is 0. The van der Waals surface area contributed by atoms with Crippen LogP contribution in [0.25, 0.3) is 0 Å². The smallest absolute Gasteiger partial charge is 0.231 e. The minimum Gasteiger partial charge on any atom is -0.339 e. The molecule has 1 aliphatic heterocycles. The highest BCUT2D eigenvalue weighted by atomic mass is 16.5. The molecule has 0 spiro atoms. The van der Waals surface area contributed by atoms with Crippen molar-refractivity contribution < 1.29 is 4.52 Å². The number of hydrogen-bond acceptors (Lipinski definition) is 4. The van der Waals surface area contributed by atoms with Crippen molar-refractivity contribution in [2.45, 2.75) is 44.9 Å². The highest BCUT2D eigenvalue weighted by Gasteiger charge is 2.22. The molecule has 0 amide bonds. The third-order valence-electron chi connectivity index (χ3n) is 3.16. The Balaban J connectivity index is 2.05. The van der Waals surface area contributed by atoms with E-state index in [9.17, 15) is 0 Å². The van der Waals surface area contributed by atoms with Gasteiger partial charge >= 0.3 is 0 Å². The molecule has 4 heteroatoms. The quantitative estimate of drug-likeness (QED) is 0.827. The summed E-state index contributed by atoms with van der Waals surface area (Å²) in [6, 6.07) is 0. The molecule has 1 aromatic rings. The number of nitrogens with zero attached hydrogens (tertiary/aromatic N) is 2. The van der Waals surface area contributed by atoms with Gasteiger partial charge in [0, 0.05) is 12.5 Å². The highest BCUT2D eigenvalue weighted by Crippen LogP contribution is 2.23. The van der Waals surface area contributed by atoms with E-state index in [1.165, 1.54) is 6.42 Å². The summed E-state index contributed by atoms with van der Waals surface area (Å²) in [4.78, 5) is 4.49. The Kier molecular flexibility index (Phi) is 3.36. The second kappa shape index (κ2) is 4.75. The summed E-state index contributed by atoms with van der Waals surface area (Å²) in [6.45, 7) is 6.36. The van der Waals surface area contributed by atoms with E-state index in [0.717, 1.165) is 37.6 Å². The molecule has 0 unspecified atom stereocenters. The maximum atomic E-state index is 5.33. The Hall–Kier alpha value is -0.900. The van der Waals surface area contributed by atoms with Gasteiger partial charge in [-0.25, -0.2) is 0 Å². The molecule has 1 saturated heterocycles. The summed E-state index contributed by atoms with van der Waals surface area (Å²) >= 11 is 0.